The van der Waals surface area contributed by atoms with Crippen LogP contribution in [0.25, 0.3) is 0 Å². The summed E-state index contributed by atoms with van der Waals surface area (Å²) in [5.74, 6) is 0.156. The van der Waals surface area contributed by atoms with Gasteiger partial charge in [-0.05, 0) is 82.4 Å². The normalized spacial score (nSPS) is 28.7. The summed E-state index contributed by atoms with van der Waals surface area (Å²) in [5.41, 5.74) is 7.83. The average Bonchev–Trinajstić information content (AvgIpc) is 2.90. The summed E-state index contributed by atoms with van der Waals surface area (Å²) in [6.07, 6.45) is 5.60. The minimum atomic E-state index is -0.887. The number of nitrogens with zero attached hydrogens (tertiary/aromatic N) is 2. The molecule has 8 nitrogen and oxygen atoms in total. The molecule has 4 rings (SSSR count). The highest BCUT2D eigenvalue weighted by Crippen LogP contribution is 2.42. The van der Waals surface area contributed by atoms with Crippen molar-refractivity contribution in [3.05, 3.63) is 40.9 Å². The maximum Gasteiger partial charge on any atom is 0.241 e. The van der Waals surface area contributed by atoms with Gasteiger partial charge in [0.25, 0.3) is 0 Å². The van der Waals surface area contributed by atoms with Gasteiger partial charge in [-0.2, -0.15) is 0 Å². The number of nitrogens with one attached hydrogen (secondary N) is 1. The molecular formula is C32H49ClN4O4. The lowest BCUT2D eigenvalue weighted by Gasteiger charge is -2.48. The third-order valence-corrected chi connectivity index (χ3v) is 9.86. The smallest absolute Gasteiger partial charge is 0.241 e. The predicted molar refractivity (Wildman–Crippen MR) is 164 cm³/mol. The molecule has 9 heteroatoms. The van der Waals surface area contributed by atoms with E-state index in [2.05, 4.69) is 32.2 Å². The number of piperazine rings is 1. The highest BCUT2D eigenvalue weighted by Gasteiger charge is 2.41. The number of halogens is 1. The van der Waals surface area contributed by atoms with Gasteiger partial charge in [-0.1, -0.05) is 43.7 Å². The average molecular weight is 589 g/mol. The molecule has 4 N–H and O–H groups in total. The molecule has 1 saturated heterocycles. The molecule has 3 aliphatic rings. The quantitative estimate of drug-likeness (QED) is 0.355. The number of hydrogen-bond acceptors (Lipinski definition) is 6. The van der Waals surface area contributed by atoms with E-state index in [-0.39, 0.29) is 53.8 Å². The number of aliphatic hydroxyl groups excluding tert-OH is 1. The Morgan fingerprint density at radius 2 is 1.95 bits per heavy atom. The van der Waals surface area contributed by atoms with Crippen molar-refractivity contribution in [1.29, 1.82) is 0 Å². The minimum absolute atomic E-state index is 0.00168. The second-order valence-corrected chi connectivity index (χ2v) is 14.0. The van der Waals surface area contributed by atoms with E-state index in [1.807, 2.05) is 36.9 Å². The van der Waals surface area contributed by atoms with Gasteiger partial charge in [0.05, 0.1) is 35.0 Å². The van der Waals surface area contributed by atoms with Crippen molar-refractivity contribution in [1.82, 2.24) is 10.2 Å². The standard InChI is InChI=1S/C32H49ClN4O4/c1-20(2)23(30(40)35-26-12-11-21-13-22(26)16-32(5,15-21)41-6)14-28(38)25(34)17-36-18-29(39)37(19-31(36,3)4)27-10-8-7-9-24(27)33/h7-10,16,20-21,23,25-26,28,38H,11-15,17-19,34H2,1-6H3,(H,35,40)/t21?,23-,25-,26?,28-,32?/m0/s1. The zero-order valence-electron chi connectivity index (χ0n) is 25.5. The maximum absolute atomic E-state index is 13.5. The molecule has 0 aromatic heterocycles. The number of rotatable bonds is 10. The Morgan fingerprint density at radius 3 is 2.61 bits per heavy atom. The molecule has 2 amide bonds. The van der Waals surface area contributed by atoms with Gasteiger partial charge in [-0.3, -0.25) is 14.5 Å². The van der Waals surface area contributed by atoms with Gasteiger partial charge in [0, 0.05) is 37.7 Å². The van der Waals surface area contributed by atoms with Crippen molar-refractivity contribution in [3.63, 3.8) is 0 Å². The van der Waals surface area contributed by atoms with Crippen molar-refractivity contribution < 1.29 is 19.4 Å². The van der Waals surface area contributed by atoms with Crippen LogP contribution in [0.2, 0.25) is 5.02 Å². The summed E-state index contributed by atoms with van der Waals surface area (Å²) in [6.45, 7) is 11.2. The van der Waals surface area contributed by atoms with Gasteiger partial charge in [0.2, 0.25) is 11.8 Å². The summed E-state index contributed by atoms with van der Waals surface area (Å²) in [6, 6.07) is 6.74. The predicted octanol–water partition coefficient (Wildman–Crippen LogP) is 4.14. The molecule has 1 heterocycles. The second-order valence-electron chi connectivity index (χ2n) is 13.6. The molecule has 0 spiro atoms. The lowest BCUT2D eigenvalue weighted by atomic mass is 9.71. The number of methoxy groups -OCH3 is 1. The number of carbonyl (C=O) groups excluding carboxylic acids is 2. The Bertz CT molecular complexity index is 1140. The maximum atomic E-state index is 13.5. The summed E-state index contributed by atoms with van der Waals surface area (Å²) >= 11 is 6.38. The van der Waals surface area contributed by atoms with E-state index in [1.54, 1.807) is 18.1 Å². The third kappa shape index (κ3) is 7.34. The van der Waals surface area contributed by atoms with Crippen LogP contribution in [0.15, 0.2) is 35.9 Å². The molecule has 0 radical (unpaired) electrons. The first kappa shape index (κ1) is 32.0. The highest BCUT2D eigenvalue weighted by molar-refractivity contribution is 6.33. The molecule has 3 unspecified atom stereocenters. The molecule has 2 fully saturated rings. The first-order valence-electron chi connectivity index (χ1n) is 15.0. The van der Waals surface area contributed by atoms with Crippen LogP contribution in [0.3, 0.4) is 0 Å². The van der Waals surface area contributed by atoms with Crippen LogP contribution < -0.4 is 16.0 Å². The van der Waals surface area contributed by atoms with E-state index in [0.29, 0.717) is 29.7 Å². The van der Waals surface area contributed by atoms with Crippen molar-refractivity contribution in [2.75, 3.05) is 31.6 Å². The SMILES string of the molecule is COC1(C)C=C2CC(CCC2NC(=O)[C@@H](C[C@H](O)[C@@H](N)CN2CC(=O)N(c3ccccc3Cl)CC2(C)C)C(C)C)C1. The van der Waals surface area contributed by atoms with Gasteiger partial charge in [0.1, 0.15) is 0 Å². The summed E-state index contributed by atoms with van der Waals surface area (Å²) in [4.78, 5) is 30.4. The van der Waals surface area contributed by atoms with E-state index in [4.69, 9.17) is 22.1 Å². The molecule has 1 aromatic rings. The van der Waals surface area contributed by atoms with Crippen LogP contribution >= 0.6 is 11.6 Å². The fourth-order valence-corrected chi connectivity index (χ4v) is 7.08. The monoisotopic (exact) mass is 588 g/mol. The Kier molecular flexibility index (Phi) is 9.91. The Hall–Kier alpha value is -1.97. The molecule has 1 saturated carbocycles. The fourth-order valence-electron chi connectivity index (χ4n) is 6.84. The number of fused-ring (bicyclic) bond motifs is 2. The lowest BCUT2D eigenvalue weighted by molar-refractivity contribution is -0.128. The van der Waals surface area contributed by atoms with Crippen LogP contribution in [0.1, 0.15) is 66.7 Å². The van der Waals surface area contributed by atoms with Gasteiger partial charge in [0.15, 0.2) is 0 Å². The first-order chi connectivity index (χ1) is 19.2. The van der Waals surface area contributed by atoms with Crippen LogP contribution in [-0.4, -0.2) is 77.9 Å². The summed E-state index contributed by atoms with van der Waals surface area (Å²) < 4.78 is 5.78. The number of nitrogens with two attached hydrogens (primary N) is 1. The lowest BCUT2D eigenvalue weighted by Crippen LogP contribution is -2.64. The number of benzene rings is 1. The van der Waals surface area contributed by atoms with E-state index in [1.165, 1.54) is 5.57 Å². The van der Waals surface area contributed by atoms with E-state index in [9.17, 15) is 14.7 Å². The Morgan fingerprint density at radius 1 is 1.24 bits per heavy atom. The van der Waals surface area contributed by atoms with Crippen molar-refractivity contribution in [2.24, 2.45) is 23.5 Å². The van der Waals surface area contributed by atoms with Gasteiger partial charge in [-0.15, -0.1) is 0 Å². The number of amides is 2. The molecule has 1 aliphatic heterocycles. The Balaban J connectivity index is 1.37. The topological polar surface area (TPSA) is 108 Å². The molecular weight excluding hydrogens is 540 g/mol. The zero-order valence-corrected chi connectivity index (χ0v) is 26.3. The van der Waals surface area contributed by atoms with E-state index in [0.717, 1.165) is 25.7 Å². The van der Waals surface area contributed by atoms with Crippen LogP contribution in [0.4, 0.5) is 5.69 Å². The largest absolute Gasteiger partial charge is 0.391 e. The van der Waals surface area contributed by atoms with Crippen LogP contribution in [0, 0.1) is 17.8 Å². The molecule has 2 aliphatic carbocycles. The molecule has 41 heavy (non-hydrogen) atoms. The first-order valence-corrected chi connectivity index (χ1v) is 15.4. The number of hydrogen-bond donors (Lipinski definition) is 3. The van der Waals surface area contributed by atoms with Crippen molar-refractivity contribution in [3.8, 4) is 0 Å². The number of aliphatic hydroxyl groups is 1. The Labute approximate surface area is 250 Å². The minimum Gasteiger partial charge on any atom is -0.391 e. The highest BCUT2D eigenvalue weighted by atomic mass is 35.5. The third-order valence-electron chi connectivity index (χ3n) is 9.54. The number of carbonyl (C=O) groups is 2. The van der Waals surface area contributed by atoms with Crippen LogP contribution in [-0.2, 0) is 14.3 Å². The summed E-state index contributed by atoms with van der Waals surface area (Å²) in [7, 11) is 1.75. The van der Waals surface area contributed by atoms with Crippen molar-refractivity contribution >= 4 is 29.1 Å². The molecule has 2 bridgehead atoms. The number of para-hydroxylation sites is 1. The molecule has 228 valence electrons. The van der Waals surface area contributed by atoms with E-state index < -0.39 is 12.1 Å². The number of ether oxygens (including phenoxy) is 1. The molecule has 1 aromatic carbocycles. The molecule has 6 atom stereocenters. The fraction of sp³-hybridized carbons (Fsp3) is 0.688. The van der Waals surface area contributed by atoms with Gasteiger partial charge in [-0.25, -0.2) is 0 Å². The van der Waals surface area contributed by atoms with Crippen molar-refractivity contribution in [2.45, 2.75) is 96.1 Å². The van der Waals surface area contributed by atoms with Gasteiger partial charge < -0.3 is 25.8 Å². The summed E-state index contributed by atoms with van der Waals surface area (Å²) in [5, 5.41) is 15.0. The van der Waals surface area contributed by atoms with Gasteiger partial charge >= 0.3 is 0 Å². The second kappa shape index (κ2) is 12.7. The van der Waals surface area contributed by atoms with Crippen LogP contribution in [0.5, 0.6) is 0 Å². The number of anilines is 1. The van der Waals surface area contributed by atoms with E-state index >= 15 is 0 Å². The zero-order chi connectivity index (χ0) is 30.1.